The molecule has 0 spiro atoms. The third-order valence-corrected chi connectivity index (χ3v) is 5.96. The van der Waals surface area contributed by atoms with Crippen LogP contribution in [-0.2, 0) is 9.47 Å². The van der Waals surface area contributed by atoms with Crippen molar-refractivity contribution in [3.8, 4) is 0 Å². The van der Waals surface area contributed by atoms with Crippen molar-refractivity contribution in [1.82, 2.24) is 10.2 Å². The fourth-order valence-corrected chi connectivity index (χ4v) is 4.04. The first-order chi connectivity index (χ1) is 16.1. The number of ether oxygens (including phenoxy) is 2. The van der Waals surface area contributed by atoms with Crippen molar-refractivity contribution in [3.63, 3.8) is 0 Å². The Bertz CT molecular complexity index is 946. The molecule has 1 atom stereocenters. The largest absolute Gasteiger partial charge is 0.448 e. The third-order valence-electron chi connectivity index (χ3n) is 5.96. The molecular formula is C24H31N5O4. The molecule has 2 aliphatic heterocycles. The van der Waals surface area contributed by atoms with Gasteiger partial charge in [0.05, 0.1) is 30.6 Å². The zero-order valence-electron chi connectivity index (χ0n) is 18.7. The van der Waals surface area contributed by atoms with Gasteiger partial charge in [-0.3, -0.25) is 9.69 Å². The van der Waals surface area contributed by atoms with Gasteiger partial charge in [0.2, 0.25) is 0 Å². The number of anilines is 3. The average Bonchev–Trinajstić information content (AvgIpc) is 3.29. The number of nitrogen functional groups attached to an aromatic ring is 1. The highest BCUT2D eigenvalue weighted by Gasteiger charge is 2.25. The number of benzene rings is 2. The van der Waals surface area contributed by atoms with Crippen LogP contribution in [0, 0.1) is 0 Å². The van der Waals surface area contributed by atoms with Crippen molar-refractivity contribution in [2.75, 3.05) is 68.5 Å². The molecule has 4 N–H and O–H groups in total. The number of para-hydroxylation sites is 2. The van der Waals surface area contributed by atoms with Crippen LogP contribution in [0.4, 0.5) is 21.9 Å². The van der Waals surface area contributed by atoms with Gasteiger partial charge < -0.3 is 30.7 Å². The second kappa shape index (κ2) is 11.0. The van der Waals surface area contributed by atoms with Gasteiger partial charge in [-0.25, -0.2) is 4.79 Å². The van der Waals surface area contributed by atoms with Crippen LogP contribution in [0.1, 0.15) is 16.8 Å². The van der Waals surface area contributed by atoms with E-state index in [-0.39, 0.29) is 18.0 Å². The normalized spacial score (nSPS) is 18.7. The molecule has 0 saturated carbocycles. The second-order valence-corrected chi connectivity index (χ2v) is 8.25. The average molecular weight is 454 g/mol. The summed E-state index contributed by atoms with van der Waals surface area (Å²) in [5, 5.41) is 5.79. The summed E-state index contributed by atoms with van der Waals surface area (Å²) in [7, 11) is 0. The number of morpholine rings is 1. The van der Waals surface area contributed by atoms with E-state index in [4.69, 9.17) is 15.2 Å². The topological polar surface area (TPSA) is 109 Å². The molecule has 9 nitrogen and oxygen atoms in total. The summed E-state index contributed by atoms with van der Waals surface area (Å²) in [6, 6.07) is 14.6. The van der Waals surface area contributed by atoms with Gasteiger partial charge in [0, 0.05) is 44.0 Å². The van der Waals surface area contributed by atoms with Crippen LogP contribution < -0.4 is 21.3 Å². The summed E-state index contributed by atoms with van der Waals surface area (Å²) >= 11 is 0. The fourth-order valence-electron chi connectivity index (χ4n) is 4.04. The number of carbonyl (C=O) groups excluding carboxylic acids is 2. The Morgan fingerprint density at radius 1 is 1.06 bits per heavy atom. The van der Waals surface area contributed by atoms with Crippen molar-refractivity contribution in [1.29, 1.82) is 0 Å². The number of nitrogens with zero attached hydrogens (tertiary/aromatic N) is 2. The molecule has 0 radical (unpaired) electrons. The SMILES string of the molecule is Nc1ccccc1NC(=O)c1ccc(N2CCC(NC(=O)OCCN3CCOCC3)C2)cc1. The maximum atomic E-state index is 12.5. The van der Waals surface area contributed by atoms with Gasteiger partial charge in [-0.1, -0.05) is 12.1 Å². The summed E-state index contributed by atoms with van der Waals surface area (Å²) < 4.78 is 10.7. The Labute approximate surface area is 193 Å². The molecule has 0 aromatic heterocycles. The van der Waals surface area contributed by atoms with E-state index in [1.807, 2.05) is 24.3 Å². The number of rotatable bonds is 7. The molecule has 1 unspecified atom stereocenters. The number of nitrogens with one attached hydrogen (secondary N) is 2. The maximum absolute atomic E-state index is 12.5. The Kier molecular flexibility index (Phi) is 7.64. The Morgan fingerprint density at radius 3 is 2.58 bits per heavy atom. The van der Waals surface area contributed by atoms with Crippen LogP contribution in [0.3, 0.4) is 0 Å². The van der Waals surface area contributed by atoms with Crippen LogP contribution >= 0.6 is 0 Å². The maximum Gasteiger partial charge on any atom is 0.407 e. The van der Waals surface area contributed by atoms with Crippen molar-refractivity contribution in [2.45, 2.75) is 12.5 Å². The molecule has 33 heavy (non-hydrogen) atoms. The summed E-state index contributed by atoms with van der Waals surface area (Å²) in [6.07, 6.45) is 0.468. The number of nitrogens with two attached hydrogens (primary N) is 1. The van der Waals surface area contributed by atoms with E-state index >= 15 is 0 Å². The van der Waals surface area contributed by atoms with Gasteiger partial charge in [-0.2, -0.15) is 0 Å². The third kappa shape index (κ3) is 6.36. The standard InChI is InChI=1S/C24H31N5O4/c25-21-3-1-2-4-22(21)27-23(30)18-5-7-20(8-6-18)29-10-9-19(17-29)26-24(31)33-16-13-28-11-14-32-15-12-28/h1-8,19H,9-17,25H2,(H,26,31)(H,27,30). The van der Waals surface area contributed by atoms with E-state index in [2.05, 4.69) is 20.4 Å². The molecule has 4 rings (SSSR count). The summed E-state index contributed by atoms with van der Waals surface area (Å²) in [5.41, 5.74) is 8.58. The van der Waals surface area contributed by atoms with Crippen molar-refractivity contribution < 1.29 is 19.1 Å². The molecular weight excluding hydrogens is 422 g/mol. The fraction of sp³-hybridized carbons (Fsp3) is 0.417. The number of hydrogen-bond donors (Lipinski definition) is 3. The Morgan fingerprint density at radius 2 is 1.82 bits per heavy atom. The van der Waals surface area contributed by atoms with Crippen LogP contribution in [0.5, 0.6) is 0 Å². The lowest BCUT2D eigenvalue weighted by Gasteiger charge is -2.26. The number of alkyl carbamates (subject to hydrolysis) is 1. The molecule has 0 aliphatic carbocycles. The van der Waals surface area contributed by atoms with E-state index in [1.54, 1.807) is 24.3 Å². The number of carbonyl (C=O) groups is 2. The molecule has 0 bridgehead atoms. The van der Waals surface area contributed by atoms with E-state index in [0.717, 1.165) is 51.5 Å². The zero-order chi connectivity index (χ0) is 23.0. The van der Waals surface area contributed by atoms with E-state index in [9.17, 15) is 9.59 Å². The lowest BCUT2D eigenvalue weighted by molar-refractivity contribution is 0.0279. The smallest absolute Gasteiger partial charge is 0.407 e. The van der Waals surface area contributed by atoms with Crippen molar-refractivity contribution >= 4 is 29.1 Å². The lowest BCUT2D eigenvalue weighted by atomic mass is 10.1. The van der Waals surface area contributed by atoms with Crippen LogP contribution in [0.25, 0.3) is 0 Å². The van der Waals surface area contributed by atoms with Gasteiger partial charge in [0.15, 0.2) is 0 Å². The molecule has 2 amide bonds. The first-order valence-corrected chi connectivity index (χ1v) is 11.3. The first kappa shape index (κ1) is 22.9. The molecule has 176 valence electrons. The van der Waals surface area contributed by atoms with E-state index in [0.29, 0.717) is 30.1 Å². The van der Waals surface area contributed by atoms with Crippen molar-refractivity contribution in [2.24, 2.45) is 0 Å². The van der Waals surface area contributed by atoms with Gasteiger partial charge in [0.25, 0.3) is 5.91 Å². The van der Waals surface area contributed by atoms with Gasteiger partial charge >= 0.3 is 6.09 Å². The van der Waals surface area contributed by atoms with Gasteiger partial charge in [-0.15, -0.1) is 0 Å². The highest BCUT2D eigenvalue weighted by molar-refractivity contribution is 6.05. The predicted octanol–water partition coefficient (Wildman–Crippen LogP) is 2.16. The molecule has 2 aromatic rings. The summed E-state index contributed by atoms with van der Waals surface area (Å²) in [6.45, 7) is 5.85. The van der Waals surface area contributed by atoms with Crippen LogP contribution in [0.2, 0.25) is 0 Å². The first-order valence-electron chi connectivity index (χ1n) is 11.3. The Hall–Kier alpha value is -3.30. The monoisotopic (exact) mass is 453 g/mol. The summed E-state index contributed by atoms with van der Waals surface area (Å²) in [5.74, 6) is -0.208. The Balaban J connectivity index is 1.21. The highest BCUT2D eigenvalue weighted by Crippen LogP contribution is 2.22. The predicted molar refractivity (Wildman–Crippen MR) is 128 cm³/mol. The molecule has 2 saturated heterocycles. The van der Waals surface area contributed by atoms with Gasteiger partial charge in [-0.05, 0) is 42.8 Å². The highest BCUT2D eigenvalue weighted by atomic mass is 16.5. The minimum atomic E-state index is -0.373. The van der Waals surface area contributed by atoms with E-state index < -0.39 is 0 Å². The molecule has 9 heteroatoms. The second-order valence-electron chi connectivity index (χ2n) is 8.25. The lowest BCUT2D eigenvalue weighted by Crippen LogP contribution is -2.41. The zero-order valence-corrected chi connectivity index (χ0v) is 18.7. The van der Waals surface area contributed by atoms with Gasteiger partial charge in [0.1, 0.15) is 6.61 Å². The van der Waals surface area contributed by atoms with E-state index in [1.165, 1.54) is 0 Å². The molecule has 2 aliphatic rings. The molecule has 2 fully saturated rings. The molecule has 2 aromatic carbocycles. The summed E-state index contributed by atoms with van der Waals surface area (Å²) in [4.78, 5) is 29.1. The number of amides is 2. The van der Waals surface area contributed by atoms with Crippen molar-refractivity contribution in [3.05, 3.63) is 54.1 Å². The number of hydrogen-bond acceptors (Lipinski definition) is 7. The van der Waals surface area contributed by atoms with Crippen LogP contribution in [-0.4, -0.2) is 75.5 Å². The quantitative estimate of drug-likeness (QED) is 0.551. The minimum absolute atomic E-state index is 0.0323. The minimum Gasteiger partial charge on any atom is -0.448 e. The molecule has 2 heterocycles. The van der Waals surface area contributed by atoms with Crippen LogP contribution in [0.15, 0.2) is 48.5 Å².